The fourth-order valence-electron chi connectivity index (χ4n) is 2.12. The minimum absolute atomic E-state index is 0.133. The van der Waals surface area contributed by atoms with Gasteiger partial charge in [0.1, 0.15) is 0 Å². The number of rotatable bonds is 5. The van der Waals surface area contributed by atoms with Crippen LogP contribution in [0, 0.1) is 10.1 Å². The number of carbonyl (C=O) groups is 1. The molecule has 108 valence electrons. The van der Waals surface area contributed by atoms with Crippen molar-refractivity contribution in [3.05, 3.63) is 26.8 Å². The second-order valence-electron chi connectivity index (χ2n) is 4.48. The molecule has 9 nitrogen and oxygen atoms in total. The number of ether oxygens (including phenoxy) is 1. The van der Waals surface area contributed by atoms with E-state index in [-0.39, 0.29) is 11.9 Å². The van der Waals surface area contributed by atoms with Crippen LogP contribution in [0.4, 0.5) is 5.69 Å². The van der Waals surface area contributed by atoms with E-state index in [9.17, 15) is 19.7 Å². The van der Waals surface area contributed by atoms with Crippen LogP contribution in [0.3, 0.4) is 0 Å². The Morgan fingerprint density at radius 3 is 2.90 bits per heavy atom. The summed E-state index contributed by atoms with van der Waals surface area (Å²) >= 11 is 0. The van der Waals surface area contributed by atoms with Crippen molar-refractivity contribution in [2.45, 2.75) is 31.7 Å². The molecular weight excluding hydrogens is 268 g/mol. The number of H-pyrrole nitrogens is 1. The van der Waals surface area contributed by atoms with Gasteiger partial charge >= 0.3 is 17.1 Å². The molecule has 0 radical (unpaired) electrons. The topological polar surface area (TPSA) is 127 Å². The predicted octanol–water partition coefficient (Wildman–Crippen LogP) is 0.116. The highest BCUT2D eigenvalue weighted by Crippen LogP contribution is 2.19. The molecule has 1 aromatic rings. The van der Waals surface area contributed by atoms with Crippen LogP contribution in [0.5, 0.6) is 5.88 Å². The summed E-state index contributed by atoms with van der Waals surface area (Å²) in [5, 5.41) is 13.5. The number of hydrogen-bond acceptors (Lipinski definition) is 6. The Hall–Kier alpha value is -2.45. The molecule has 1 fully saturated rings. The zero-order chi connectivity index (χ0) is 14.5. The number of aromatic amines is 1. The number of carbonyl (C=O) groups excluding carboxylic acids is 1. The lowest BCUT2D eigenvalue weighted by atomic mass is 10.2. The van der Waals surface area contributed by atoms with Gasteiger partial charge in [-0.15, -0.1) is 0 Å². The number of aromatic nitrogens is 2. The monoisotopic (exact) mass is 282 g/mol. The summed E-state index contributed by atoms with van der Waals surface area (Å²) in [6.07, 6.45) is 4.99. The van der Waals surface area contributed by atoms with E-state index in [0.717, 1.165) is 32.0 Å². The maximum absolute atomic E-state index is 11.6. The number of amides is 1. The number of nitrogens with one attached hydrogen (secondary N) is 2. The fraction of sp³-hybridized carbons (Fsp3) is 0.545. The van der Waals surface area contributed by atoms with E-state index < -0.39 is 28.7 Å². The Bertz CT molecular complexity index is 564. The number of nitro groups is 1. The molecule has 1 heterocycles. The second kappa shape index (κ2) is 6.13. The lowest BCUT2D eigenvalue weighted by Crippen LogP contribution is -2.36. The van der Waals surface area contributed by atoms with Crippen LogP contribution >= 0.6 is 0 Å². The van der Waals surface area contributed by atoms with E-state index in [1.165, 1.54) is 0 Å². The van der Waals surface area contributed by atoms with Crippen LogP contribution in [0.15, 0.2) is 11.1 Å². The van der Waals surface area contributed by atoms with Crippen molar-refractivity contribution in [1.82, 2.24) is 15.3 Å². The van der Waals surface area contributed by atoms with Crippen LogP contribution in [-0.2, 0) is 4.79 Å². The summed E-state index contributed by atoms with van der Waals surface area (Å²) in [6, 6.07) is 0.133. The maximum atomic E-state index is 11.6. The summed E-state index contributed by atoms with van der Waals surface area (Å²) in [7, 11) is 0. The highest BCUT2D eigenvalue weighted by Gasteiger charge is 2.23. The first kappa shape index (κ1) is 14.0. The first-order valence-corrected chi connectivity index (χ1v) is 6.22. The van der Waals surface area contributed by atoms with Crippen LogP contribution in [-0.4, -0.2) is 33.4 Å². The van der Waals surface area contributed by atoms with Gasteiger partial charge in [-0.05, 0) is 12.8 Å². The Kier molecular flexibility index (Phi) is 4.28. The molecule has 2 rings (SSSR count). The molecule has 0 saturated heterocycles. The molecule has 0 unspecified atom stereocenters. The summed E-state index contributed by atoms with van der Waals surface area (Å²) in [6.45, 7) is -0.409. The molecule has 1 aliphatic carbocycles. The largest absolute Gasteiger partial charge is 0.463 e. The van der Waals surface area contributed by atoms with Crippen molar-refractivity contribution >= 4 is 11.6 Å². The van der Waals surface area contributed by atoms with E-state index in [4.69, 9.17) is 4.74 Å². The Morgan fingerprint density at radius 1 is 1.55 bits per heavy atom. The minimum Gasteiger partial charge on any atom is -0.463 e. The van der Waals surface area contributed by atoms with Gasteiger partial charge in [0.2, 0.25) is 0 Å². The molecule has 1 aromatic heterocycles. The lowest BCUT2D eigenvalue weighted by Gasteiger charge is -2.11. The summed E-state index contributed by atoms with van der Waals surface area (Å²) in [5.74, 6) is -0.839. The van der Waals surface area contributed by atoms with E-state index in [0.29, 0.717) is 0 Å². The van der Waals surface area contributed by atoms with E-state index in [1.54, 1.807) is 0 Å². The molecule has 0 spiro atoms. The molecule has 0 aliphatic heterocycles. The summed E-state index contributed by atoms with van der Waals surface area (Å²) in [5.41, 5.74) is -1.72. The average molecular weight is 282 g/mol. The Balaban J connectivity index is 1.96. The minimum atomic E-state index is -0.920. The molecule has 2 N–H and O–H groups in total. The molecule has 0 bridgehead atoms. The van der Waals surface area contributed by atoms with Crippen LogP contribution in [0.25, 0.3) is 0 Å². The third kappa shape index (κ3) is 3.31. The molecule has 9 heteroatoms. The van der Waals surface area contributed by atoms with Crippen molar-refractivity contribution in [2.75, 3.05) is 6.61 Å². The summed E-state index contributed by atoms with van der Waals surface area (Å²) < 4.78 is 4.97. The van der Waals surface area contributed by atoms with E-state index >= 15 is 0 Å². The van der Waals surface area contributed by atoms with E-state index in [2.05, 4.69) is 15.3 Å². The van der Waals surface area contributed by atoms with Crippen molar-refractivity contribution in [3.63, 3.8) is 0 Å². The molecule has 0 aromatic carbocycles. The fourth-order valence-corrected chi connectivity index (χ4v) is 2.12. The first-order valence-electron chi connectivity index (χ1n) is 6.22. The van der Waals surface area contributed by atoms with Crippen molar-refractivity contribution in [2.24, 2.45) is 0 Å². The first-order chi connectivity index (χ1) is 9.58. The maximum Gasteiger partial charge on any atom is 0.395 e. The molecule has 20 heavy (non-hydrogen) atoms. The SMILES string of the molecule is O=C(COc1nc[nH]c(=O)c1[N+](=O)[O-])NC1CCCC1. The van der Waals surface area contributed by atoms with E-state index in [1.807, 2.05) is 0 Å². The summed E-state index contributed by atoms with van der Waals surface area (Å²) in [4.78, 5) is 38.4. The van der Waals surface area contributed by atoms with Gasteiger partial charge in [0.05, 0.1) is 11.3 Å². The highest BCUT2D eigenvalue weighted by molar-refractivity contribution is 5.77. The lowest BCUT2D eigenvalue weighted by molar-refractivity contribution is -0.387. The third-order valence-corrected chi connectivity index (χ3v) is 3.04. The van der Waals surface area contributed by atoms with Gasteiger partial charge < -0.3 is 15.0 Å². The number of nitrogens with zero attached hydrogens (tertiary/aromatic N) is 2. The van der Waals surface area contributed by atoms with Crippen LogP contribution < -0.4 is 15.6 Å². The van der Waals surface area contributed by atoms with Gasteiger partial charge in [-0.1, -0.05) is 12.8 Å². The van der Waals surface area contributed by atoms with Gasteiger partial charge in [0.15, 0.2) is 6.61 Å². The standard InChI is InChI=1S/C11H14N4O5/c16-8(14-7-3-1-2-4-7)5-20-11-9(15(18)19)10(17)12-6-13-11/h6-7H,1-5H2,(H,14,16)(H,12,13,17). The molecule has 1 amide bonds. The predicted molar refractivity (Wildman–Crippen MR) is 67.4 cm³/mol. The van der Waals surface area contributed by atoms with Crippen LogP contribution in [0.1, 0.15) is 25.7 Å². The zero-order valence-electron chi connectivity index (χ0n) is 10.6. The van der Waals surface area contributed by atoms with Gasteiger partial charge in [-0.2, -0.15) is 4.98 Å². The Labute approximate surface area is 113 Å². The number of hydrogen-bond donors (Lipinski definition) is 2. The quantitative estimate of drug-likeness (QED) is 0.583. The van der Waals surface area contributed by atoms with Gasteiger partial charge in [0, 0.05) is 6.04 Å². The highest BCUT2D eigenvalue weighted by atomic mass is 16.6. The third-order valence-electron chi connectivity index (χ3n) is 3.04. The van der Waals surface area contributed by atoms with Crippen LogP contribution in [0.2, 0.25) is 0 Å². The van der Waals surface area contributed by atoms with Gasteiger partial charge in [-0.25, -0.2) is 0 Å². The molecule has 0 atom stereocenters. The van der Waals surface area contributed by atoms with Gasteiger partial charge in [-0.3, -0.25) is 19.7 Å². The molecule has 1 aliphatic rings. The average Bonchev–Trinajstić information content (AvgIpc) is 2.88. The molecular formula is C11H14N4O5. The molecule has 1 saturated carbocycles. The smallest absolute Gasteiger partial charge is 0.395 e. The second-order valence-corrected chi connectivity index (χ2v) is 4.48. The van der Waals surface area contributed by atoms with Gasteiger partial charge in [0.25, 0.3) is 5.91 Å². The normalized spacial score (nSPS) is 15.0. The zero-order valence-corrected chi connectivity index (χ0v) is 10.6. The van der Waals surface area contributed by atoms with Crippen molar-refractivity contribution < 1.29 is 14.5 Å². The van der Waals surface area contributed by atoms with Crippen molar-refractivity contribution in [1.29, 1.82) is 0 Å². The Morgan fingerprint density at radius 2 is 2.25 bits per heavy atom. The van der Waals surface area contributed by atoms with Crippen molar-refractivity contribution in [3.8, 4) is 5.88 Å².